The monoisotopic (exact) mass is 328 g/mol. The Morgan fingerprint density at radius 3 is 2.50 bits per heavy atom. The summed E-state index contributed by atoms with van der Waals surface area (Å²) in [5, 5.41) is 3.24. The molecular weight excluding hydrogens is 300 g/mol. The lowest BCUT2D eigenvalue weighted by Crippen LogP contribution is -2.56. The minimum atomic E-state index is -0.723. The van der Waals surface area contributed by atoms with Crippen LogP contribution in [-0.4, -0.2) is 28.3 Å². The standard InChI is InChI=1S/C20H28N2O2/c1-20(19(24)21-17-11-7-2-3-8-12-17)14-13-18(23)22(20)15-16-9-5-4-6-10-16/h4-6,9-10,17H,2-3,7-8,11-15H2,1H3,(H,21,24). The molecule has 0 bridgehead atoms. The van der Waals surface area contributed by atoms with E-state index in [4.69, 9.17) is 0 Å². The molecule has 1 heterocycles. The molecule has 1 unspecified atom stereocenters. The van der Waals surface area contributed by atoms with Crippen LogP contribution in [0.4, 0.5) is 0 Å². The third-order valence-electron chi connectivity index (χ3n) is 5.59. The first-order valence-corrected chi connectivity index (χ1v) is 9.25. The van der Waals surface area contributed by atoms with Gasteiger partial charge in [-0.15, -0.1) is 0 Å². The van der Waals surface area contributed by atoms with Crippen molar-refractivity contribution in [1.82, 2.24) is 10.2 Å². The van der Waals surface area contributed by atoms with Crippen molar-refractivity contribution < 1.29 is 9.59 Å². The van der Waals surface area contributed by atoms with Crippen molar-refractivity contribution in [3.8, 4) is 0 Å². The van der Waals surface area contributed by atoms with E-state index >= 15 is 0 Å². The van der Waals surface area contributed by atoms with Crippen LogP contribution < -0.4 is 5.32 Å². The number of hydrogen-bond donors (Lipinski definition) is 1. The van der Waals surface area contributed by atoms with E-state index in [9.17, 15) is 9.59 Å². The Labute approximate surface area is 144 Å². The van der Waals surface area contributed by atoms with Gasteiger partial charge in [-0.2, -0.15) is 0 Å². The van der Waals surface area contributed by atoms with E-state index in [-0.39, 0.29) is 17.9 Å². The van der Waals surface area contributed by atoms with Crippen LogP contribution in [0.1, 0.15) is 63.9 Å². The molecule has 1 aliphatic heterocycles. The van der Waals surface area contributed by atoms with Gasteiger partial charge in [-0.05, 0) is 31.7 Å². The summed E-state index contributed by atoms with van der Waals surface area (Å²) in [7, 11) is 0. The maximum Gasteiger partial charge on any atom is 0.245 e. The molecular formula is C20H28N2O2. The molecule has 4 nitrogen and oxygen atoms in total. The molecule has 2 fully saturated rings. The summed E-state index contributed by atoms with van der Waals surface area (Å²) in [6, 6.07) is 10.2. The third kappa shape index (κ3) is 3.63. The van der Waals surface area contributed by atoms with Crippen LogP contribution in [0.2, 0.25) is 0 Å². The number of carbonyl (C=O) groups excluding carboxylic acids is 2. The fraction of sp³-hybridized carbons (Fsp3) is 0.600. The Morgan fingerprint density at radius 2 is 1.83 bits per heavy atom. The van der Waals surface area contributed by atoms with E-state index in [0.717, 1.165) is 18.4 Å². The fourth-order valence-corrected chi connectivity index (χ4v) is 3.92. The SMILES string of the molecule is CC1(C(=O)NC2CCCCCC2)CCC(=O)N1Cc1ccccc1. The van der Waals surface area contributed by atoms with Crippen molar-refractivity contribution in [3.05, 3.63) is 35.9 Å². The number of nitrogens with one attached hydrogen (secondary N) is 1. The Morgan fingerprint density at radius 1 is 1.17 bits per heavy atom. The predicted molar refractivity (Wildman–Crippen MR) is 94.3 cm³/mol. The average Bonchev–Trinajstić information content (AvgIpc) is 2.78. The summed E-state index contributed by atoms with van der Waals surface area (Å²) in [5.74, 6) is 0.105. The quantitative estimate of drug-likeness (QED) is 0.861. The Bertz CT molecular complexity index is 579. The number of likely N-dealkylation sites (tertiary alicyclic amines) is 1. The van der Waals surface area contributed by atoms with Gasteiger partial charge in [-0.1, -0.05) is 56.0 Å². The zero-order chi connectivity index (χ0) is 17.0. The van der Waals surface area contributed by atoms with Crippen LogP contribution in [0, 0.1) is 0 Å². The molecule has 1 aromatic rings. The zero-order valence-corrected chi connectivity index (χ0v) is 14.6. The highest BCUT2D eigenvalue weighted by Crippen LogP contribution is 2.32. The van der Waals surface area contributed by atoms with E-state index in [0.29, 0.717) is 19.4 Å². The zero-order valence-electron chi connectivity index (χ0n) is 14.6. The molecule has 0 radical (unpaired) electrons. The summed E-state index contributed by atoms with van der Waals surface area (Å²) in [6.07, 6.45) is 8.11. The molecule has 1 aromatic carbocycles. The summed E-state index contributed by atoms with van der Waals surface area (Å²) in [6.45, 7) is 2.43. The number of carbonyl (C=O) groups is 2. The number of hydrogen-bond acceptors (Lipinski definition) is 2. The summed E-state index contributed by atoms with van der Waals surface area (Å²) >= 11 is 0. The van der Waals surface area contributed by atoms with Gasteiger partial charge in [0, 0.05) is 19.0 Å². The summed E-state index contributed by atoms with van der Waals surface area (Å²) in [5.41, 5.74) is 0.348. The van der Waals surface area contributed by atoms with Gasteiger partial charge in [-0.3, -0.25) is 9.59 Å². The van der Waals surface area contributed by atoms with Crippen molar-refractivity contribution in [2.24, 2.45) is 0 Å². The first-order chi connectivity index (χ1) is 11.6. The van der Waals surface area contributed by atoms with Crippen LogP contribution in [0.3, 0.4) is 0 Å². The van der Waals surface area contributed by atoms with E-state index in [1.165, 1.54) is 25.7 Å². The molecule has 1 atom stereocenters. The number of rotatable bonds is 4. The summed E-state index contributed by atoms with van der Waals surface area (Å²) < 4.78 is 0. The van der Waals surface area contributed by atoms with Crippen molar-refractivity contribution in [1.29, 1.82) is 0 Å². The largest absolute Gasteiger partial charge is 0.351 e. The van der Waals surface area contributed by atoms with Crippen molar-refractivity contribution >= 4 is 11.8 Å². The molecule has 1 saturated heterocycles. The van der Waals surface area contributed by atoms with Crippen LogP contribution in [0.5, 0.6) is 0 Å². The molecule has 24 heavy (non-hydrogen) atoms. The van der Waals surface area contributed by atoms with Crippen molar-refractivity contribution in [2.75, 3.05) is 0 Å². The topological polar surface area (TPSA) is 49.4 Å². The molecule has 1 saturated carbocycles. The molecule has 3 rings (SSSR count). The lowest BCUT2D eigenvalue weighted by Gasteiger charge is -2.35. The minimum Gasteiger partial charge on any atom is -0.351 e. The average molecular weight is 328 g/mol. The van der Waals surface area contributed by atoms with Gasteiger partial charge in [0.15, 0.2) is 0 Å². The Hall–Kier alpha value is -1.84. The number of nitrogens with zero attached hydrogens (tertiary/aromatic N) is 1. The lowest BCUT2D eigenvalue weighted by molar-refractivity contribution is -0.141. The highest BCUT2D eigenvalue weighted by atomic mass is 16.2. The van der Waals surface area contributed by atoms with E-state index in [1.54, 1.807) is 4.90 Å². The van der Waals surface area contributed by atoms with Crippen molar-refractivity contribution in [3.63, 3.8) is 0 Å². The van der Waals surface area contributed by atoms with Gasteiger partial charge in [0.2, 0.25) is 11.8 Å². The molecule has 1 aliphatic carbocycles. The van der Waals surface area contributed by atoms with Gasteiger partial charge in [0.25, 0.3) is 0 Å². The van der Waals surface area contributed by atoms with Crippen LogP contribution in [0.25, 0.3) is 0 Å². The van der Waals surface area contributed by atoms with E-state index in [2.05, 4.69) is 5.32 Å². The molecule has 2 aliphatic rings. The smallest absolute Gasteiger partial charge is 0.245 e. The Balaban J connectivity index is 1.71. The second-order valence-corrected chi connectivity index (χ2v) is 7.40. The molecule has 130 valence electrons. The van der Waals surface area contributed by atoms with Gasteiger partial charge in [0.1, 0.15) is 5.54 Å². The highest BCUT2D eigenvalue weighted by Gasteiger charge is 2.47. The third-order valence-corrected chi connectivity index (χ3v) is 5.59. The maximum absolute atomic E-state index is 13.0. The highest BCUT2D eigenvalue weighted by molar-refractivity contribution is 5.94. The normalized spacial score (nSPS) is 25.5. The fourth-order valence-electron chi connectivity index (χ4n) is 3.92. The predicted octanol–water partition coefficient (Wildman–Crippen LogP) is 3.41. The number of amides is 2. The first kappa shape index (κ1) is 17.0. The maximum atomic E-state index is 13.0. The van der Waals surface area contributed by atoms with Gasteiger partial charge in [0.05, 0.1) is 0 Å². The van der Waals surface area contributed by atoms with Crippen LogP contribution in [0.15, 0.2) is 30.3 Å². The molecule has 1 N–H and O–H groups in total. The second-order valence-electron chi connectivity index (χ2n) is 7.40. The molecule has 0 aromatic heterocycles. The van der Waals surface area contributed by atoms with Gasteiger partial charge < -0.3 is 10.2 Å². The van der Waals surface area contributed by atoms with E-state index < -0.39 is 5.54 Å². The second kappa shape index (κ2) is 7.37. The Kier molecular flexibility index (Phi) is 5.22. The molecule has 0 spiro atoms. The number of benzene rings is 1. The van der Waals surface area contributed by atoms with Gasteiger partial charge >= 0.3 is 0 Å². The molecule has 4 heteroatoms. The summed E-state index contributed by atoms with van der Waals surface area (Å²) in [4.78, 5) is 27.2. The first-order valence-electron chi connectivity index (χ1n) is 9.25. The van der Waals surface area contributed by atoms with Crippen LogP contribution >= 0.6 is 0 Å². The van der Waals surface area contributed by atoms with Crippen LogP contribution in [-0.2, 0) is 16.1 Å². The molecule has 2 amide bonds. The van der Waals surface area contributed by atoms with Crippen molar-refractivity contribution in [2.45, 2.75) is 76.4 Å². The van der Waals surface area contributed by atoms with Gasteiger partial charge in [-0.25, -0.2) is 0 Å². The minimum absolute atomic E-state index is 0.0242. The van der Waals surface area contributed by atoms with E-state index in [1.807, 2.05) is 37.3 Å². The lowest BCUT2D eigenvalue weighted by atomic mass is 9.95.